The van der Waals surface area contributed by atoms with Crippen molar-refractivity contribution in [2.45, 2.75) is 0 Å². The molecule has 4 rings (SSSR count). The van der Waals surface area contributed by atoms with Gasteiger partial charge in [0, 0.05) is 28.4 Å². The maximum absolute atomic E-state index is 12.4. The quantitative estimate of drug-likeness (QED) is 0.597. The number of anilines is 1. The Kier molecular flexibility index (Phi) is 6.10. The Balaban J connectivity index is 1.34. The summed E-state index contributed by atoms with van der Waals surface area (Å²) in [5.41, 5.74) is 6.10. The number of carbonyl (C=O) groups is 2. The van der Waals surface area contributed by atoms with E-state index in [1.165, 1.54) is 22.7 Å². The zero-order chi connectivity index (χ0) is 20.2. The van der Waals surface area contributed by atoms with Gasteiger partial charge in [0.15, 0.2) is 5.13 Å². The number of benzene rings is 1. The maximum Gasteiger partial charge on any atom is 0.289 e. The molecule has 3 heterocycles. The number of thiophene rings is 1. The number of amides is 2. The van der Waals surface area contributed by atoms with Crippen LogP contribution in [0.15, 0.2) is 41.8 Å². The van der Waals surface area contributed by atoms with Gasteiger partial charge >= 0.3 is 0 Å². The highest BCUT2D eigenvalue weighted by Gasteiger charge is 2.18. The van der Waals surface area contributed by atoms with E-state index in [1.54, 1.807) is 23.6 Å². The van der Waals surface area contributed by atoms with Crippen LogP contribution in [0.5, 0.6) is 0 Å². The molecule has 1 aromatic carbocycles. The van der Waals surface area contributed by atoms with Crippen molar-refractivity contribution in [3.05, 3.63) is 57.4 Å². The summed E-state index contributed by atoms with van der Waals surface area (Å²) in [5, 5.41) is 3.11. The van der Waals surface area contributed by atoms with E-state index in [2.05, 4.69) is 20.7 Å². The van der Waals surface area contributed by atoms with Gasteiger partial charge in [-0.15, -0.1) is 22.7 Å². The van der Waals surface area contributed by atoms with Gasteiger partial charge < -0.3 is 9.64 Å². The molecule has 1 fully saturated rings. The Morgan fingerprint density at radius 1 is 1.03 bits per heavy atom. The third kappa shape index (κ3) is 4.76. The van der Waals surface area contributed by atoms with Gasteiger partial charge in [-0.2, -0.15) is 0 Å². The van der Waals surface area contributed by atoms with Crippen molar-refractivity contribution in [3.63, 3.8) is 0 Å². The van der Waals surface area contributed by atoms with Crippen LogP contribution in [0.3, 0.4) is 0 Å². The number of hydrogen-bond acceptors (Lipinski definition) is 7. The molecular formula is C19H17ClN4O3S2. The van der Waals surface area contributed by atoms with Gasteiger partial charge in [-0.3, -0.25) is 20.4 Å². The number of nitrogens with one attached hydrogen (secondary N) is 2. The van der Waals surface area contributed by atoms with E-state index in [0.29, 0.717) is 23.1 Å². The number of nitrogens with zero attached hydrogens (tertiary/aromatic N) is 2. The van der Waals surface area contributed by atoms with Crippen LogP contribution < -0.4 is 15.8 Å². The molecule has 0 aliphatic carbocycles. The van der Waals surface area contributed by atoms with E-state index in [-0.39, 0.29) is 11.6 Å². The van der Waals surface area contributed by atoms with Gasteiger partial charge in [-0.1, -0.05) is 23.7 Å². The minimum absolute atomic E-state index is 0.268. The first-order valence-electron chi connectivity index (χ1n) is 8.85. The fourth-order valence-corrected chi connectivity index (χ4v) is 4.63. The van der Waals surface area contributed by atoms with Crippen LogP contribution in [0, 0.1) is 0 Å². The second kappa shape index (κ2) is 8.91. The summed E-state index contributed by atoms with van der Waals surface area (Å²) < 4.78 is 5.32. The Bertz CT molecular complexity index is 1010. The summed E-state index contributed by atoms with van der Waals surface area (Å²) in [7, 11) is 0. The van der Waals surface area contributed by atoms with Crippen LogP contribution in [0.4, 0.5) is 5.13 Å². The third-order valence-corrected chi connectivity index (χ3v) is 6.54. The number of morpholine rings is 1. The molecular weight excluding hydrogens is 432 g/mol. The molecule has 1 aliphatic heterocycles. The van der Waals surface area contributed by atoms with Crippen LogP contribution in [0.25, 0.3) is 10.4 Å². The van der Waals surface area contributed by atoms with E-state index in [9.17, 15) is 9.59 Å². The third-order valence-electron chi connectivity index (χ3n) is 4.25. The van der Waals surface area contributed by atoms with Gasteiger partial charge in [0.25, 0.3) is 11.8 Å². The van der Waals surface area contributed by atoms with Crippen molar-refractivity contribution in [1.82, 2.24) is 15.8 Å². The van der Waals surface area contributed by atoms with E-state index in [1.807, 2.05) is 18.2 Å². The van der Waals surface area contributed by atoms with Gasteiger partial charge in [0.1, 0.15) is 5.69 Å². The number of rotatable bonds is 4. The lowest BCUT2D eigenvalue weighted by molar-refractivity contribution is 0.0846. The second-order valence-electron chi connectivity index (χ2n) is 6.19. The molecule has 0 atom stereocenters. The zero-order valence-corrected chi connectivity index (χ0v) is 17.6. The summed E-state index contributed by atoms with van der Waals surface area (Å²) in [6.45, 7) is 2.80. The average molecular weight is 449 g/mol. The lowest BCUT2D eigenvalue weighted by Crippen LogP contribution is -2.41. The van der Waals surface area contributed by atoms with Gasteiger partial charge in [-0.25, -0.2) is 4.98 Å². The maximum atomic E-state index is 12.4. The Morgan fingerprint density at radius 2 is 1.76 bits per heavy atom. The van der Waals surface area contributed by atoms with Crippen molar-refractivity contribution in [3.8, 4) is 10.4 Å². The minimum Gasteiger partial charge on any atom is -0.378 e. The predicted octanol–water partition coefficient (Wildman–Crippen LogP) is 3.44. The van der Waals surface area contributed by atoms with Crippen LogP contribution >= 0.6 is 34.3 Å². The summed E-state index contributed by atoms with van der Waals surface area (Å²) in [4.78, 5) is 32.5. The van der Waals surface area contributed by atoms with Crippen molar-refractivity contribution < 1.29 is 14.3 Å². The molecule has 0 saturated carbocycles. The van der Waals surface area contributed by atoms with Crippen LogP contribution in [-0.2, 0) is 4.74 Å². The number of hydrazine groups is 1. The standard InChI is InChI=1S/C19H17ClN4O3S2/c20-13-3-1-12(2-4-13)15-5-6-16(29-15)18(26)23-22-17(25)14-11-28-19(21-14)24-7-9-27-10-8-24/h1-6,11H,7-10H2,(H,22,25)(H,23,26). The molecule has 0 radical (unpaired) electrons. The Hall–Kier alpha value is -2.46. The van der Waals surface area contributed by atoms with E-state index >= 15 is 0 Å². The van der Waals surface area contributed by atoms with Crippen LogP contribution in [-0.4, -0.2) is 43.1 Å². The van der Waals surface area contributed by atoms with Crippen molar-refractivity contribution >= 4 is 51.2 Å². The molecule has 0 bridgehead atoms. The molecule has 150 valence electrons. The highest BCUT2D eigenvalue weighted by atomic mass is 35.5. The number of aromatic nitrogens is 1. The molecule has 29 heavy (non-hydrogen) atoms. The minimum atomic E-state index is -0.455. The molecule has 0 spiro atoms. The molecule has 0 unspecified atom stereocenters. The zero-order valence-electron chi connectivity index (χ0n) is 15.2. The number of ether oxygens (including phenoxy) is 1. The normalized spacial score (nSPS) is 13.9. The van der Waals surface area contributed by atoms with Crippen LogP contribution in [0.1, 0.15) is 20.2 Å². The SMILES string of the molecule is O=C(NNC(=O)c1ccc(-c2ccc(Cl)cc2)s1)c1csc(N2CCOCC2)n1. The molecule has 2 amide bonds. The predicted molar refractivity (Wildman–Crippen MR) is 115 cm³/mol. The highest BCUT2D eigenvalue weighted by molar-refractivity contribution is 7.17. The molecule has 7 nitrogen and oxygen atoms in total. The first kappa shape index (κ1) is 19.8. The van der Waals surface area contributed by atoms with Gasteiger partial charge in [-0.05, 0) is 29.8 Å². The Labute approximate surface area is 180 Å². The van der Waals surface area contributed by atoms with Gasteiger partial charge in [0.2, 0.25) is 0 Å². The average Bonchev–Trinajstić information content (AvgIpc) is 3.43. The van der Waals surface area contributed by atoms with Crippen molar-refractivity contribution in [1.29, 1.82) is 0 Å². The fourth-order valence-electron chi connectivity index (χ4n) is 2.74. The first-order valence-corrected chi connectivity index (χ1v) is 10.9. The first-order chi connectivity index (χ1) is 14.1. The lowest BCUT2D eigenvalue weighted by Gasteiger charge is -2.25. The number of thiazole rings is 1. The highest BCUT2D eigenvalue weighted by Crippen LogP contribution is 2.29. The number of carbonyl (C=O) groups excluding carboxylic acids is 2. The molecule has 3 aromatic rings. The molecule has 1 saturated heterocycles. The molecule has 2 aromatic heterocycles. The van der Waals surface area contributed by atoms with Crippen molar-refractivity contribution in [2.75, 3.05) is 31.2 Å². The Morgan fingerprint density at radius 3 is 2.52 bits per heavy atom. The number of halogens is 1. The summed E-state index contributed by atoms with van der Waals surface area (Å²) >= 11 is 8.64. The largest absolute Gasteiger partial charge is 0.378 e. The molecule has 1 aliphatic rings. The lowest BCUT2D eigenvalue weighted by atomic mass is 10.2. The molecule has 10 heteroatoms. The second-order valence-corrected chi connectivity index (χ2v) is 8.55. The topological polar surface area (TPSA) is 83.6 Å². The van der Waals surface area contributed by atoms with Gasteiger partial charge in [0.05, 0.1) is 18.1 Å². The fraction of sp³-hybridized carbons (Fsp3) is 0.211. The summed E-state index contributed by atoms with van der Waals surface area (Å²) in [6.07, 6.45) is 0. The molecule has 2 N–H and O–H groups in total. The van der Waals surface area contributed by atoms with Crippen LogP contribution in [0.2, 0.25) is 5.02 Å². The van der Waals surface area contributed by atoms with E-state index < -0.39 is 5.91 Å². The number of hydrogen-bond donors (Lipinski definition) is 2. The monoisotopic (exact) mass is 448 g/mol. The summed E-state index contributed by atoms with van der Waals surface area (Å²) in [6, 6.07) is 11.0. The van der Waals surface area contributed by atoms with E-state index in [4.69, 9.17) is 16.3 Å². The van der Waals surface area contributed by atoms with Crippen molar-refractivity contribution in [2.24, 2.45) is 0 Å². The smallest absolute Gasteiger partial charge is 0.289 e. The van der Waals surface area contributed by atoms with E-state index in [0.717, 1.165) is 28.7 Å². The summed E-state index contributed by atoms with van der Waals surface area (Å²) in [5.74, 6) is -0.837.